The maximum absolute atomic E-state index is 12.8. The predicted molar refractivity (Wildman–Crippen MR) is 99.9 cm³/mol. The van der Waals surface area contributed by atoms with Crippen molar-refractivity contribution in [3.05, 3.63) is 35.7 Å². The number of sulfonamides is 1. The molecule has 1 fully saturated rings. The molecule has 0 aliphatic carbocycles. The maximum Gasteiger partial charge on any atom is 0.322 e. The molecule has 9 heteroatoms. The average molecular weight is 392 g/mol. The van der Waals surface area contributed by atoms with Crippen molar-refractivity contribution in [3.8, 4) is 0 Å². The van der Waals surface area contributed by atoms with Gasteiger partial charge in [-0.3, -0.25) is 10.1 Å². The number of carbonyl (C=O) groups excluding carboxylic acids is 1. The fourth-order valence-corrected chi connectivity index (χ4v) is 4.58. The van der Waals surface area contributed by atoms with Gasteiger partial charge >= 0.3 is 6.01 Å². The van der Waals surface area contributed by atoms with Crippen LogP contribution in [0.4, 0.5) is 6.01 Å². The number of piperidine rings is 1. The molecular formula is C18H24N4O4S. The van der Waals surface area contributed by atoms with Crippen LogP contribution in [0.25, 0.3) is 0 Å². The summed E-state index contributed by atoms with van der Waals surface area (Å²) in [7, 11) is -3.54. The third-order valence-electron chi connectivity index (χ3n) is 4.53. The first kappa shape index (κ1) is 19.5. The van der Waals surface area contributed by atoms with Crippen LogP contribution in [0.2, 0.25) is 0 Å². The molecule has 2 aromatic rings. The first-order valence-electron chi connectivity index (χ1n) is 9.02. The lowest BCUT2D eigenvalue weighted by Crippen LogP contribution is -2.39. The monoisotopic (exact) mass is 392 g/mol. The summed E-state index contributed by atoms with van der Waals surface area (Å²) in [6.45, 7) is 6.92. The Balaban J connectivity index is 1.71. The molecule has 8 nitrogen and oxygen atoms in total. The van der Waals surface area contributed by atoms with Crippen molar-refractivity contribution in [3.63, 3.8) is 0 Å². The van der Waals surface area contributed by atoms with Gasteiger partial charge in [-0.2, -0.15) is 4.31 Å². The molecule has 1 aromatic heterocycles. The van der Waals surface area contributed by atoms with E-state index in [1.807, 2.05) is 13.8 Å². The van der Waals surface area contributed by atoms with Gasteiger partial charge in [-0.15, -0.1) is 5.10 Å². The molecule has 0 bridgehead atoms. The molecule has 1 aromatic carbocycles. The van der Waals surface area contributed by atoms with E-state index in [1.165, 1.54) is 28.6 Å². The summed E-state index contributed by atoms with van der Waals surface area (Å²) in [6, 6.07) is 5.89. The van der Waals surface area contributed by atoms with Crippen LogP contribution in [-0.2, 0) is 10.0 Å². The Bertz CT molecular complexity index is 906. The van der Waals surface area contributed by atoms with Crippen LogP contribution in [0.5, 0.6) is 0 Å². The maximum atomic E-state index is 12.8. The quantitative estimate of drug-likeness (QED) is 0.839. The summed E-state index contributed by atoms with van der Waals surface area (Å²) >= 11 is 0. The summed E-state index contributed by atoms with van der Waals surface area (Å²) < 4.78 is 32.4. The smallest absolute Gasteiger partial charge is 0.322 e. The molecule has 3 rings (SSSR count). The lowest BCUT2D eigenvalue weighted by atomic mass is 10.0. The van der Waals surface area contributed by atoms with Gasteiger partial charge in [0.25, 0.3) is 5.91 Å². The van der Waals surface area contributed by atoms with Gasteiger partial charge in [-0.1, -0.05) is 25.9 Å². The zero-order chi connectivity index (χ0) is 19.6. The second kappa shape index (κ2) is 7.77. The van der Waals surface area contributed by atoms with Gasteiger partial charge < -0.3 is 4.42 Å². The van der Waals surface area contributed by atoms with Gasteiger partial charge in [0.15, 0.2) is 0 Å². The van der Waals surface area contributed by atoms with E-state index in [2.05, 4.69) is 22.4 Å². The number of nitrogens with one attached hydrogen (secondary N) is 1. The molecule has 1 atom stereocenters. The lowest BCUT2D eigenvalue weighted by Gasteiger charge is -2.30. The van der Waals surface area contributed by atoms with E-state index in [4.69, 9.17) is 4.42 Å². The first-order valence-corrected chi connectivity index (χ1v) is 10.5. The summed E-state index contributed by atoms with van der Waals surface area (Å²) in [5, 5.41) is 10.1. The Labute approximate surface area is 159 Å². The van der Waals surface area contributed by atoms with E-state index in [-0.39, 0.29) is 16.8 Å². The third kappa shape index (κ3) is 4.36. The highest BCUT2D eigenvalue weighted by Crippen LogP contribution is 2.24. The van der Waals surface area contributed by atoms with Crippen LogP contribution in [0.3, 0.4) is 0 Å². The molecule has 0 saturated carbocycles. The number of hydrogen-bond donors (Lipinski definition) is 1. The number of hydrogen-bond acceptors (Lipinski definition) is 6. The number of aromatic nitrogens is 2. The van der Waals surface area contributed by atoms with E-state index < -0.39 is 15.9 Å². The van der Waals surface area contributed by atoms with Crippen molar-refractivity contribution in [2.24, 2.45) is 5.92 Å². The number of carbonyl (C=O) groups is 1. The zero-order valence-corrected chi connectivity index (χ0v) is 16.5. The normalized spacial score (nSPS) is 18.6. The molecular weight excluding hydrogens is 368 g/mol. The highest BCUT2D eigenvalue weighted by atomic mass is 32.2. The number of benzene rings is 1. The highest BCUT2D eigenvalue weighted by Gasteiger charge is 2.28. The molecule has 1 saturated heterocycles. The van der Waals surface area contributed by atoms with Crippen molar-refractivity contribution < 1.29 is 17.6 Å². The Morgan fingerprint density at radius 3 is 2.56 bits per heavy atom. The molecule has 1 amide bonds. The Hall–Kier alpha value is -2.26. The van der Waals surface area contributed by atoms with Crippen LogP contribution in [-0.4, -0.2) is 41.9 Å². The van der Waals surface area contributed by atoms with E-state index in [0.717, 1.165) is 12.8 Å². The van der Waals surface area contributed by atoms with Crippen LogP contribution in [0.1, 0.15) is 55.8 Å². The van der Waals surface area contributed by atoms with Crippen molar-refractivity contribution in [1.29, 1.82) is 0 Å². The number of rotatable bonds is 5. The van der Waals surface area contributed by atoms with Crippen molar-refractivity contribution in [2.75, 3.05) is 18.4 Å². The molecule has 1 aliphatic heterocycles. The molecule has 1 aliphatic rings. The number of amides is 1. The summed E-state index contributed by atoms with van der Waals surface area (Å²) in [6.07, 6.45) is 1.91. The minimum absolute atomic E-state index is 0.0164. The fraction of sp³-hybridized carbons (Fsp3) is 0.500. The second-order valence-electron chi connectivity index (χ2n) is 7.19. The van der Waals surface area contributed by atoms with Gasteiger partial charge in [0, 0.05) is 24.6 Å². The van der Waals surface area contributed by atoms with Gasteiger partial charge in [-0.05, 0) is 43.0 Å². The van der Waals surface area contributed by atoms with Crippen molar-refractivity contribution in [2.45, 2.75) is 44.4 Å². The Kier molecular flexibility index (Phi) is 5.61. The summed E-state index contributed by atoms with van der Waals surface area (Å²) in [5.74, 6) is 0.404. The first-order chi connectivity index (χ1) is 12.8. The molecule has 1 N–H and O–H groups in total. The predicted octanol–water partition coefficient (Wildman–Crippen LogP) is 2.87. The third-order valence-corrected chi connectivity index (χ3v) is 6.41. The highest BCUT2D eigenvalue weighted by molar-refractivity contribution is 7.89. The summed E-state index contributed by atoms with van der Waals surface area (Å²) in [4.78, 5) is 12.5. The average Bonchev–Trinajstić information content (AvgIpc) is 3.10. The molecule has 146 valence electrons. The fourth-order valence-electron chi connectivity index (χ4n) is 2.98. The largest absolute Gasteiger partial charge is 0.408 e. The zero-order valence-electron chi connectivity index (χ0n) is 15.7. The number of anilines is 1. The number of nitrogens with zero attached hydrogens (tertiary/aromatic N) is 3. The standard InChI is InChI=1S/C18H24N4O4S/c1-12(2)17-20-21-18(26-17)19-16(23)14-6-8-15(9-7-14)27(24,25)22-10-4-5-13(3)11-22/h6-9,12-13H,4-5,10-11H2,1-3H3,(H,19,21,23)/t13-/m0/s1. The SMILES string of the molecule is CC(C)c1nnc(NC(=O)c2ccc(S(=O)(=O)N3CCC[C@H](C)C3)cc2)o1. The molecule has 2 heterocycles. The van der Waals surface area contributed by atoms with E-state index in [0.29, 0.717) is 30.5 Å². The minimum atomic E-state index is -3.54. The summed E-state index contributed by atoms with van der Waals surface area (Å²) in [5.41, 5.74) is 0.310. The van der Waals surface area contributed by atoms with Crippen LogP contribution in [0.15, 0.2) is 33.6 Å². The van der Waals surface area contributed by atoms with Crippen molar-refractivity contribution in [1.82, 2.24) is 14.5 Å². The molecule has 27 heavy (non-hydrogen) atoms. The van der Waals surface area contributed by atoms with Crippen molar-refractivity contribution >= 4 is 21.9 Å². The van der Waals surface area contributed by atoms with Gasteiger partial charge in [0.2, 0.25) is 15.9 Å². The van der Waals surface area contributed by atoms with Gasteiger partial charge in [-0.25, -0.2) is 8.42 Å². The molecule has 0 spiro atoms. The lowest BCUT2D eigenvalue weighted by molar-refractivity contribution is 0.102. The minimum Gasteiger partial charge on any atom is -0.408 e. The molecule has 0 unspecified atom stereocenters. The van der Waals surface area contributed by atoms with E-state index in [1.54, 1.807) is 0 Å². The van der Waals surface area contributed by atoms with E-state index in [9.17, 15) is 13.2 Å². The van der Waals surface area contributed by atoms with Crippen LogP contribution < -0.4 is 5.32 Å². The molecule has 0 radical (unpaired) electrons. The Morgan fingerprint density at radius 2 is 1.96 bits per heavy atom. The Morgan fingerprint density at radius 1 is 1.26 bits per heavy atom. The van der Waals surface area contributed by atoms with Crippen LogP contribution in [0, 0.1) is 5.92 Å². The van der Waals surface area contributed by atoms with Gasteiger partial charge in [0.05, 0.1) is 4.90 Å². The second-order valence-corrected chi connectivity index (χ2v) is 9.13. The van der Waals surface area contributed by atoms with E-state index >= 15 is 0 Å². The van der Waals surface area contributed by atoms with Gasteiger partial charge in [0.1, 0.15) is 0 Å². The topological polar surface area (TPSA) is 105 Å². The van der Waals surface area contributed by atoms with Crippen LogP contribution >= 0.6 is 0 Å².